The summed E-state index contributed by atoms with van der Waals surface area (Å²) in [4.78, 5) is 21.4. The average molecular weight is 188 g/mol. The standard InChI is InChI=1S/C8H16N2O3/c1-3-4-6(9-2)8(13)10-5-7(11)12/h6,9H,3-5H2,1-2H3,(H,10,13)(H,11,12). The van der Waals surface area contributed by atoms with Crippen molar-refractivity contribution in [2.75, 3.05) is 13.6 Å². The van der Waals surface area contributed by atoms with Crippen LogP contribution in [0.2, 0.25) is 0 Å². The van der Waals surface area contributed by atoms with Crippen LogP contribution in [-0.2, 0) is 9.59 Å². The van der Waals surface area contributed by atoms with Crippen LogP contribution in [0.15, 0.2) is 0 Å². The molecule has 0 aromatic carbocycles. The van der Waals surface area contributed by atoms with Crippen molar-refractivity contribution in [3.8, 4) is 0 Å². The largest absolute Gasteiger partial charge is 0.480 e. The Morgan fingerprint density at radius 2 is 2.08 bits per heavy atom. The van der Waals surface area contributed by atoms with E-state index in [-0.39, 0.29) is 18.5 Å². The lowest BCUT2D eigenvalue weighted by molar-refractivity contribution is -0.138. The van der Waals surface area contributed by atoms with Crippen LogP contribution < -0.4 is 10.6 Å². The van der Waals surface area contributed by atoms with E-state index < -0.39 is 5.97 Å². The molecule has 0 aromatic rings. The number of aliphatic carboxylic acids is 1. The van der Waals surface area contributed by atoms with E-state index in [1.165, 1.54) is 0 Å². The van der Waals surface area contributed by atoms with Gasteiger partial charge in [0.15, 0.2) is 0 Å². The van der Waals surface area contributed by atoms with Crippen molar-refractivity contribution in [2.24, 2.45) is 0 Å². The predicted molar refractivity (Wildman–Crippen MR) is 48.4 cm³/mol. The number of hydrogen-bond donors (Lipinski definition) is 3. The van der Waals surface area contributed by atoms with Crippen LogP contribution in [-0.4, -0.2) is 36.6 Å². The predicted octanol–water partition coefficient (Wildman–Crippen LogP) is -0.425. The molecule has 1 unspecified atom stereocenters. The Hall–Kier alpha value is -1.10. The third-order valence-electron chi connectivity index (χ3n) is 1.66. The number of likely N-dealkylation sites (N-methyl/N-ethyl adjacent to an activating group) is 1. The van der Waals surface area contributed by atoms with Crippen LogP contribution >= 0.6 is 0 Å². The van der Waals surface area contributed by atoms with Gasteiger partial charge in [-0.2, -0.15) is 0 Å². The highest BCUT2D eigenvalue weighted by Crippen LogP contribution is 1.95. The van der Waals surface area contributed by atoms with Gasteiger partial charge in [0.1, 0.15) is 6.54 Å². The van der Waals surface area contributed by atoms with Gasteiger partial charge >= 0.3 is 5.97 Å². The van der Waals surface area contributed by atoms with Gasteiger partial charge in [-0.3, -0.25) is 9.59 Å². The Morgan fingerprint density at radius 1 is 1.46 bits per heavy atom. The molecule has 0 aliphatic heterocycles. The molecule has 76 valence electrons. The molecule has 0 radical (unpaired) electrons. The number of carboxylic acid groups (broad SMARTS) is 1. The van der Waals surface area contributed by atoms with Crippen molar-refractivity contribution in [3.05, 3.63) is 0 Å². The minimum absolute atomic E-state index is 0.258. The van der Waals surface area contributed by atoms with E-state index in [2.05, 4.69) is 10.6 Å². The van der Waals surface area contributed by atoms with Crippen molar-refractivity contribution in [1.29, 1.82) is 0 Å². The molecule has 0 spiro atoms. The zero-order valence-electron chi connectivity index (χ0n) is 7.96. The molecule has 3 N–H and O–H groups in total. The molecule has 13 heavy (non-hydrogen) atoms. The summed E-state index contributed by atoms with van der Waals surface area (Å²) in [5.74, 6) is -1.29. The molecular formula is C8H16N2O3. The molecular weight excluding hydrogens is 172 g/mol. The summed E-state index contributed by atoms with van der Waals surface area (Å²) in [6, 6.07) is -0.288. The molecule has 0 rings (SSSR count). The number of nitrogens with one attached hydrogen (secondary N) is 2. The zero-order valence-corrected chi connectivity index (χ0v) is 7.96. The SMILES string of the molecule is CCCC(NC)C(=O)NCC(=O)O. The lowest BCUT2D eigenvalue weighted by Gasteiger charge is -2.13. The van der Waals surface area contributed by atoms with Gasteiger partial charge in [0.05, 0.1) is 6.04 Å². The summed E-state index contributed by atoms with van der Waals surface area (Å²) in [6.07, 6.45) is 1.59. The Morgan fingerprint density at radius 3 is 2.46 bits per heavy atom. The van der Waals surface area contributed by atoms with Crippen molar-refractivity contribution < 1.29 is 14.7 Å². The summed E-state index contributed by atoms with van der Waals surface area (Å²) >= 11 is 0. The summed E-state index contributed by atoms with van der Waals surface area (Å²) in [5.41, 5.74) is 0. The second-order valence-electron chi connectivity index (χ2n) is 2.74. The first-order valence-electron chi connectivity index (χ1n) is 4.28. The molecule has 0 saturated carbocycles. The van der Waals surface area contributed by atoms with Crippen LogP contribution in [0.5, 0.6) is 0 Å². The highest BCUT2D eigenvalue weighted by Gasteiger charge is 2.14. The number of amides is 1. The van der Waals surface area contributed by atoms with Crippen LogP contribution in [0.4, 0.5) is 0 Å². The lowest BCUT2D eigenvalue weighted by Crippen LogP contribution is -2.44. The van der Waals surface area contributed by atoms with E-state index >= 15 is 0 Å². The van der Waals surface area contributed by atoms with Gasteiger partial charge < -0.3 is 15.7 Å². The molecule has 5 heteroatoms. The first kappa shape index (κ1) is 11.9. The van der Waals surface area contributed by atoms with E-state index in [0.717, 1.165) is 6.42 Å². The van der Waals surface area contributed by atoms with E-state index in [9.17, 15) is 9.59 Å². The monoisotopic (exact) mass is 188 g/mol. The van der Waals surface area contributed by atoms with E-state index in [4.69, 9.17) is 5.11 Å². The molecule has 1 amide bonds. The van der Waals surface area contributed by atoms with Gasteiger partial charge in [-0.1, -0.05) is 13.3 Å². The minimum atomic E-state index is -1.03. The third-order valence-corrected chi connectivity index (χ3v) is 1.66. The second kappa shape index (κ2) is 6.42. The summed E-state index contributed by atoms with van der Waals surface area (Å²) < 4.78 is 0. The zero-order chi connectivity index (χ0) is 10.3. The van der Waals surface area contributed by atoms with E-state index in [1.54, 1.807) is 7.05 Å². The first-order chi connectivity index (χ1) is 6.11. The lowest BCUT2D eigenvalue weighted by atomic mass is 10.1. The van der Waals surface area contributed by atoms with E-state index in [0.29, 0.717) is 6.42 Å². The maximum atomic E-state index is 11.2. The summed E-state index contributed by atoms with van der Waals surface area (Å²) in [5, 5.41) is 13.5. The number of carboxylic acids is 1. The highest BCUT2D eigenvalue weighted by atomic mass is 16.4. The fraction of sp³-hybridized carbons (Fsp3) is 0.750. The molecule has 0 saturated heterocycles. The van der Waals surface area contributed by atoms with Crippen molar-refractivity contribution in [3.63, 3.8) is 0 Å². The number of rotatable bonds is 6. The van der Waals surface area contributed by atoms with Gasteiger partial charge in [-0.25, -0.2) is 0 Å². The number of carbonyl (C=O) groups excluding carboxylic acids is 1. The molecule has 0 aliphatic rings. The smallest absolute Gasteiger partial charge is 0.322 e. The van der Waals surface area contributed by atoms with Gasteiger partial charge in [0, 0.05) is 0 Å². The highest BCUT2D eigenvalue weighted by molar-refractivity contribution is 5.85. The molecule has 0 aliphatic carbocycles. The topological polar surface area (TPSA) is 78.4 Å². The van der Waals surface area contributed by atoms with Gasteiger partial charge in [0.2, 0.25) is 5.91 Å². The van der Waals surface area contributed by atoms with Crippen LogP contribution in [0, 0.1) is 0 Å². The van der Waals surface area contributed by atoms with Gasteiger partial charge in [0.25, 0.3) is 0 Å². The van der Waals surface area contributed by atoms with Crippen LogP contribution in [0.25, 0.3) is 0 Å². The fourth-order valence-corrected chi connectivity index (χ4v) is 0.981. The van der Waals surface area contributed by atoms with Crippen molar-refractivity contribution in [1.82, 2.24) is 10.6 Å². The molecule has 5 nitrogen and oxygen atoms in total. The molecule has 0 fully saturated rings. The first-order valence-corrected chi connectivity index (χ1v) is 4.28. The molecule has 1 atom stereocenters. The Bertz CT molecular complexity index is 182. The van der Waals surface area contributed by atoms with Gasteiger partial charge in [-0.05, 0) is 13.5 Å². The average Bonchev–Trinajstić information content (AvgIpc) is 2.10. The quantitative estimate of drug-likeness (QED) is 0.529. The molecule has 0 heterocycles. The Balaban J connectivity index is 3.84. The maximum Gasteiger partial charge on any atom is 0.322 e. The second-order valence-corrected chi connectivity index (χ2v) is 2.74. The van der Waals surface area contributed by atoms with Crippen LogP contribution in [0.1, 0.15) is 19.8 Å². The van der Waals surface area contributed by atoms with Crippen molar-refractivity contribution in [2.45, 2.75) is 25.8 Å². The Kier molecular flexibility index (Phi) is 5.88. The third kappa shape index (κ3) is 5.19. The number of carbonyl (C=O) groups is 2. The summed E-state index contributed by atoms with van der Waals surface area (Å²) in [6.45, 7) is 1.65. The van der Waals surface area contributed by atoms with E-state index in [1.807, 2.05) is 6.92 Å². The normalized spacial score (nSPS) is 12.2. The van der Waals surface area contributed by atoms with Crippen LogP contribution in [0.3, 0.4) is 0 Å². The minimum Gasteiger partial charge on any atom is -0.480 e. The maximum absolute atomic E-state index is 11.2. The molecule has 0 bridgehead atoms. The van der Waals surface area contributed by atoms with Gasteiger partial charge in [-0.15, -0.1) is 0 Å². The number of hydrogen-bond acceptors (Lipinski definition) is 3. The Labute approximate surface area is 77.5 Å². The fourth-order valence-electron chi connectivity index (χ4n) is 0.981. The molecule has 0 aromatic heterocycles. The summed E-state index contributed by atoms with van der Waals surface area (Å²) in [7, 11) is 1.68. The van der Waals surface area contributed by atoms with Crippen molar-refractivity contribution >= 4 is 11.9 Å².